The third kappa shape index (κ3) is 4.43. The minimum atomic E-state index is -0.286. The maximum atomic E-state index is 12.7. The van der Waals surface area contributed by atoms with Crippen molar-refractivity contribution in [1.29, 1.82) is 0 Å². The quantitative estimate of drug-likeness (QED) is 0.770. The number of rotatable bonds is 6. The summed E-state index contributed by atoms with van der Waals surface area (Å²) in [4.78, 5) is 39.2. The van der Waals surface area contributed by atoms with Crippen LogP contribution in [0.4, 0.5) is 0 Å². The van der Waals surface area contributed by atoms with Crippen molar-refractivity contribution in [3.05, 3.63) is 69.1 Å². The fourth-order valence-corrected chi connectivity index (χ4v) is 4.45. The van der Waals surface area contributed by atoms with Gasteiger partial charge in [0.05, 0.1) is 5.56 Å². The Balaban J connectivity index is 1.42. The molecule has 2 fully saturated rings. The Hall–Kier alpha value is -2.60. The summed E-state index contributed by atoms with van der Waals surface area (Å²) >= 11 is 6.35. The van der Waals surface area contributed by atoms with E-state index < -0.39 is 0 Å². The SMILES string of the molecule is O=C(NCC1(c2ccccc2Cl)CC1)c1ccc(=O)n(CC(=O)N2CCCCC2)c1. The van der Waals surface area contributed by atoms with E-state index in [0.717, 1.165) is 50.8 Å². The number of aromatic nitrogens is 1. The highest BCUT2D eigenvalue weighted by Gasteiger charge is 2.45. The first kappa shape index (κ1) is 20.7. The first-order valence-corrected chi connectivity index (χ1v) is 10.9. The van der Waals surface area contributed by atoms with Crippen LogP contribution in [0.25, 0.3) is 0 Å². The zero-order valence-corrected chi connectivity index (χ0v) is 17.7. The third-order valence-corrected chi connectivity index (χ3v) is 6.48. The van der Waals surface area contributed by atoms with Crippen LogP contribution >= 0.6 is 11.6 Å². The highest BCUT2D eigenvalue weighted by molar-refractivity contribution is 6.31. The monoisotopic (exact) mass is 427 g/mol. The van der Waals surface area contributed by atoms with Gasteiger partial charge in [0, 0.05) is 42.3 Å². The molecule has 1 aliphatic carbocycles. The van der Waals surface area contributed by atoms with Gasteiger partial charge in [0.25, 0.3) is 11.5 Å². The van der Waals surface area contributed by atoms with Crippen molar-refractivity contribution in [2.45, 2.75) is 44.1 Å². The van der Waals surface area contributed by atoms with Gasteiger partial charge in [0.15, 0.2) is 0 Å². The molecule has 2 aromatic rings. The van der Waals surface area contributed by atoms with E-state index in [1.54, 1.807) is 4.90 Å². The summed E-state index contributed by atoms with van der Waals surface area (Å²) in [5, 5.41) is 3.70. The van der Waals surface area contributed by atoms with Gasteiger partial charge in [0.2, 0.25) is 5.91 Å². The first-order valence-electron chi connectivity index (χ1n) is 10.5. The third-order valence-electron chi connectivity index (χ3n) is 6.15. The van der Waals surface area contributed by atoms with Gasteiger partial charge in [0.1, 0.15) is 6.54 Å². The summed E-state index contributed by atoms with van der Waals surface area (Å²) in [5.74, 6) is -0.336. The predicted octanol–water partition coefficient (Wildman–Crippen LogP) is 2.98. The molecule has 2 amide bonds. The smallest absolute Gasteiger partial charge is 0.252 e. The topological polar surface area (TPSA) is 71.4 Å². The first-order chi connectivity index (χ1) is 14.5. The molecule has 0 spiro atoms. The lowest BCUT2D eigenvalue weighted by Gasteiger charge is -2.27. The van der Waals surface area contributed by atoms with Crippen molar-refractivity contribution in [3.63, 3.8) is 0 Å². The van der Waals surface area contributed by atoms with Gasteiger partial charge >= 0.3 is 0 Å². The lowest BCUT2D eigenvalue weighted by molar-refractivity contribution is -0.132. The van der Waals surface area contributed by atoms with Crippen LogP contribution in [0.15, 0.2) is 47.4 Å². The van der Waals surface area contributed by atoms with Gasteiger partial charge in [-0.3, -0.25) is 14.4 Å². The molecule has 1 saturated heterocycles. The molecule has 1 saturated carbocycles. The summed E-state index contributed by atoms with van der Waals surface area (Å²) < 4.78 is 1.33. The Morgan fingerprint density at radius 3 is 2.47 bits per heavy atom. The Morgan fingerprint density at radius 2 is 1.77 bits per heavy atom. The van der Waals surface area contributed by atoms with Crippen LogP contribution in [-0.4, -0.2) is 40.9 Å². The number of benzene rings is 1. The highest BCUT2D eigenvalue weighted by Crippen LogP contribution is 2.49. The second-order valence-corrected chi connectivity index (χ2v) is 8.68. The molecule has 2 aliphatic rings. The second kappa shape index (κ2) is 8.64. The molecule has 1 aliphatic heterocycles. The molecular formula is C23H26ClN3O3. The Bertz CT molecular complexity index is 1010. The van der Waals surface area contributed by atoms with Crippen LogP contribution in [-0.2, 0) is 16.8 Å². The van der Waals surface area contributed by atoms with Crippen LogP contribution in [0.2, 0.25) is 5.02 Å². The average molecular weight is 428 g/mol. The van der Waals surface area contributed by atoms with E-state index in [2.05, 4.69) is 5.32 Å². The number of nitrogens with one attached hydrogen (secondary N) is 1. The van der Waals surface area contributed by atoms with Gasteiger partial charge in [-0.05, 0) is 49.8 Å². The largest absolute Gasteiger partial charge is 0.351 e. The zero-order valence-electron chi connectivity index (χ0n) is 16.9. The van der Waals surface area contributed by atoms with Crippen molar-refractivity contribution in [3.8, 4) is 0 Å². The number of likely N-dealkylation sites (tertiary alicyclic amines) is 1. The number of carbonyl (C=O) groups excluding carboxylic acids is 2. The summed E-state index contributed by atoms with van der Waals surface area (Å²) in [7, 11) is 0. The Kier molecular flexibility index (Phi) is 5.95. The number of amides is 2. The summed E-state index contributed by atoms with van der Waals surface area (Å²) in [6, 6.07) is 10.6. The van der Waals surface area contributed by atoms with Gasteiger partial charge in [-0.1, -0.05) is 29.8 Å². The average Bonchev–Trinajstić information content (AvgIpc) is 3.55. The maximum absolute atomic E-state index is 12.7. The van der Waals surface area contributed by atoms with E-state index in [-0.39, 0.29) is 29.3 Å². The van der Waals surface area contributed by atoms with E-state index in [4.69, 9.17) is 11.6 Å². The van der Waals surface area contributed by atoms with Crippen LogP contribution in [0.3, 0.4) is 0 Å². The van der Waals surface area contributed by atoms with Gasteiger partial charge in [-0.2, -0.15) is 0 Å². The molecule has 0 radical (unpaired) electrons. The van der Waals surface area contributed by atoms with Crippen molar-refractivity contribution in [1.82, 2.24) is 14.8 Å². The molecule has 7 heteroatoms. The van der Waals surface area contributed by atoms with Crippen LogP contribution < -0.4 is 10.9 Å². The van der Waals surface area contributed by atoms with E-state index in [0.29, 0.717) is 17.1 Å². The van der Waals surface area contributed by atoms with Crippen molar-refractivity contribution in [2.75, 3.05) is 19.6 Å². The van der Waals surface area contributed by atoms with Crippen molar-refractivity contribution >= 4 is 23.4 Å². The van der Waals surface area contributed by atoms with E-state index >= 15 is 0 Å². The molecule has 158 valence electrons. The normalized spacial score (nSPS) is 17.4. The van der Waals surface area contributed by atoms with Gasteiger partial charge < -0.3 is 14.8 Å². The number of carbonyl (C=O) groups is 2. The number of pyridine rings is 1. The van der Waals surface area contributed by atoms with Crippen molar-refractivity contribution in [2.24, 2.45) is 0 Å². The minimum Gasteiger partial charge on any atom is -0.351 e. The maximum Gasteiger partial charge on any atom is 0.252 e. The van der Waals surface area contributed by atoms with Gasteiger partial charge in [-0.25, -0.2) is 0 Å². The second-order valence-electron chi connectivity index (χ2n) is 8.27. The highest BCUT2D eigenvalue weighted by atomic mass is 35.5. The summed E-state index contributed by atoms with van der Waals surface area (Å²) in [6.07, 6.45) is 6.55. The summed E-state index contributed by atoms with van der Waals surface area (Å²) in [5.41, 5.74) is 1.03. The molecule has 0 unspecified atom stereocenters. The van der Waals surface area contributed by atoms with Crippen LogP contribution in [0, 0.1) is 0 Å². The van der Waals surface area contributed by atoms with E-state index in [1.165, 1.54) is 22.9 Å². The molecule has 1 aromatic carbocycles. The molecular weight excluding hydrogens is 402 g/mol. The molecule has 1 N–H and O–H groups in total. The molecule has 4 rings (SSSR count). The molecule has 0 bridgehead atoms. The number of piperidine rings is 1. The lowest BCUT2D eigenvalue weighted by atomic mass is 9.96. The Labute approximate surface area is 180 Å². The Morgan fingerprint density at radius 1 is 1.03 bits per heavy atom. The molecule has 2 heterocycles. The fourth-order valence-electron chi connectivity index (χ4n) is 4.11. The number of hydrogen-bond acceptors (Lipinski definition) is 3. The van der Waals surface area contributed by atoms with E-state index in [1.807, 2.05) is 24.3 Å². The number of halogens is 1. The molecule has 0 atom stereocenters. The lowest BCUT2D eigenvalue weighted by Crippen LogP contribution is -2.39. The number of hydrogen-bond donors (Lipinski definition) is 1. The fraction of sp³-hybridized carbons (Fsp3) is 0.435. The van der Waals surface area contributed by atoms with Crippen LogP contribution in [0.5, 0.6) is 0 Å². The standard InChI is InChI=1S/C23H26ClN3O3/c24-19-7-3-2-6-18(19)23(10-11-23)16-25-22(30)17-8-9-20(28)27(14-17)15-21(29)26-12-4-1-5-13-26/h2-3,6-9,14H,1,4-5,10-13,15-16H2,(H,25,30). The minimum absolute atomic E-state index is 0.0382. The molecule has 1 aromatic heterocycles. The predicted molar refractivity (Wildman–Crippen MR) is 116 cm³/mol. The van der Waals surface area contributed by atoms with Gasteiger partial charge in [-0.15, -0.1) is 0 Å². The summed E-state index contributed by atoms with van der Waals surface area (Å²) in [6.45, 7) is 1.92. The zero-order chi connectivity index (χ0) is 21.1. The molecule has 6 nitrogen and oxygen atoms in total. The van der Waals surface area contributed by atoms with E-state index in [9.17, 15) is 14.4 Å². The molecule has 30 heavy (non-hydrogen) atoms. The van der Waals surface area contributed by atoms with Crippen LogP contribution in [0.1, 0.15) is 48.0 Å². The van der Waals surface area contributed by atoms with Crippen molar-refractivity contribution < 1.29 is 9.59 Å². The number of nitrogens with zero attached hydrogens (tertiary/aromatic N) is 2.